The van der Waals surface area contributed by atoms with Gasteiger partial charge in [-0.2, -0.15) is 0 Å². The Morgan fingerprint density at radius 2 is 1.80 bits per heavy atom. The van der Waals surface area contributed by atoms with Gasteiger partial charge in [0.05, 0.1) is 12.7 Å². The van der Waals surface area contributed by atoms with Gasteiger partial charge in [0, 0.05) is 0 Å². The summed E-state index contributed by atoms with van der Waals surface area (Å²) in [6.07, 6.45) is -1.78. The smallest absolute Gasteiger partial charge is 0.390 e. The Balaban J connectivity index is 4.22. The number of aliphatic hydroxyl groups excluding tert-OH is 2. The summed E-state index contributed by atoms with van der Waals surface area (Å²) in [5, 5.41) is 19.1. The van der Waals surface area contributed by atoms with Crippen LogP contribution >= 0.6 is 7.82 Å². The van der Waals surface area contributed by atoms with Crippen LogP contribution in [0.25, 0.3) is 0 Å². The Morgan fingerprint density at radius 1 is 1.33 bits per heavy atom. The van der Waals surface area contributed by atoms with E-state index < -0.39 is 32.1 Å². The summed E-state index contributed by atoms with van der Waals surface area (Å²) in [6.45, 7) is 4.76. The van der Waals surface area contributed by atoms with Crippen molar-refractivity contribution in [2.24, 2.45) is 5.41 Å². The number of rotatable bonds is 6. The van der Waals surface area contributed by atoms with Crippen LogP contribution in [0.4, 0.5) is 0 Å². The summed E-state index contributed by atoms with van der Waals surface area (Å²) in [6, 6.07) is 0. The van der Waals surface area contributed by atoms with Crippen LogP contribution in [-0.4, -0.2) is 38.8 Å². The average molecular weight is 242 g/mol. The van der Waals surface area contributed by atoms with Crippen molar-refractivity contribution < 1.29 is 29.1 Å². The Labute approximate surface area is 89.1 Å². The molecule has 0 aromatic rings. The van der Waals surface area contributed by atoms with Gasteiger partial charge < -0.3 is 20.0 Å². The number of phosphoric acid groups is 1. The molecule has 15 heavy (non-hydrogen) atoms. The van der Waals surface area contributed by atoms with Crippen LogP contribution in [0.1, 0.15) is 27.2 Å². The molecule has 0 fully saturated rings. The fourth-order valence-electron chi connectivity index (χ4n) is 0.995. The van der Waals surface area contributed by atoms with Crippen LogP contribution in [0.5, 0.6) is 0 Å². The summed E-state index contributed by atoms with van der Waals surface area (Å²) in [7, 11) is -4.59. The van der Waals surface area contributed by atoms with Gasteiger partial charge in [0.1, 0.15) is 6.10 Å². The lowest BCUT2D eigenvalue weighted by Gasteiger charge is -2.32. The molecule has 0 bridgehead atoms. The summed E-state index contributed by atoms with van der Waals surface area (Å²) in [5.74, 6) is 0. The minimum absolute atomic E-state index is 0.530. The number of hydrogen-bond acceptors (Lipinski definition) is 4. The Morgan fingerprint density at radius 3 is 2.13 bits per heavy atom. The third-order valence-corrected chi connectivity index (χ3v) is 2.98. The lowest BCUT2D eigenvalue weighted by atomic mass is 9.81. The molecule has 92 valence electrons. The molecular formula is C8H19O6P. The molecule has 0 aromatic carbocycles. The van der Waals surface area contributed by atoms with Crippen molar-refractivity contribution in [3.8, 4) is 0 Å². The van der Waals surface area contributed by atoms with Crippen LogP contribution in [0.3, 0.4) is 0 Å². The van der Waals surface area contributed by atoms with Crippen molar-refractivity contribution in [2.45, 2.75) is 39.4 Å². The molecule has 0 aliphatic rings. The topological polar surface area (TPSA) is 107 Å². The highest BCUT2D eigenvalue weighted by Crippen LogP contribution is 2.36. The third kappa shape index (κ3) is 5.61. The van der Waals surface area contributed by atoms with Gasteiger partial charge in [-0.05, 0) is 11.8 Å². The second-order valence-electron chi connectivity index (χ2n) is 4.14. The van der Waals surface area contributed by atoms with Gasteiger partial charge in [0.2, 0.25) is 0 Å². The number of aliphatic hydroxyl groups is 2. The lowest BCUT2D eigenvalue weighted by molar-refractivity contribution is -0.0715. The maximum atomic E-state index is 10.4. The second kappa shape index (κ2) is 5.39. The average Bonchev–Trinajstić information content (AvgIpc) is 2.11. The minimum atomic E-state index is -4.59. The van der Waals surface area contributed by atoms with E-state index in [2.05, 4.69) is 4.52 Å². The third-order valence-electron chi connectivity index (χ3n) is 2.49. The van der Waals surface area contributed by atoms with Gasteiger partial charge >= 0.3 is 7.82 Å². The predicted molar refractivity (Wildman–Crippen MR) is 54.1 cm³/mol. The van der Waals surface area contributed by atoms with Crippen molar-refractivity contribution in [3.63, 3.8) is 0 Å². The van der Waals surface area contributed by atoms with E-state index in [4.69, 9.17) is 9.79 Å². The molecular weight excluding hydrogens is 223 g/mol. The van der Waals surface area contributed by atoms with E-state index in [-0.39, 0.29) is 0 Å². The van der Waals surface area contributed by atoms with Crippen molar-refractivity contribution in [2.75, 3.05) is 6.61 Å². The van der Waals surface area contributed by atoms with E-state index in [9.17, 15) is 14.8 Å². The Bertz CT molecular complexity index is 235. The minimum Gasteiger partial charge on any atom is -0.390 e. The highest BCUT2D eigenvalue weighted by atomic mass is 31.2. The zero-order valence-corrected chi connectivity index (χ0v) is 10.0. The van der Waals surface area contributed by atoms with Gasteiger partial charge in [-0.15, -0.1) is 0 Å². The lowest BCUT2D eigenvalue weighted by Crippen LogP contribution is -2.41. The van der Waals surface area contributed by atoms with E-state index in [0.29, 0.717) is 6.42 Å². The van der Waals surface area contributed by atoms with Gasteiger partial charge in [0.25, 0.3) is 0 Å². The zero-order chi connectivity index (χ0) is 12.3. The molecule has 2 atom stereocenters. The Hall–Kier alpha value is 0.0300. The molecule has 0 aliphatic carbocycles. The molecule has 0 radical (unpaired) electrons. The first kappa shape index (κ1) is 15.0. The van der Waals surface area contributed by atoms with Crippen molar-refractivity contribution in [3.05, 3.63) is 0 Å². The molecule has 2 unspecified atom stereocenters. The highest BCUT2D eigenvalue weighted by Gasteiger charge is 2.33. The van der Waals surface area contributed by atoms with E-state index in [0.717, 1.165) is 0 Å². The molecule has 0 rings (SSSR count). The van der Waals surface area contributed by atoms with E-state index in [1.165, 1.54) is 0 Å². The fraction of sp³-hybridized carbons (Fsp3) is 1.00. The van der Waals surface area contributed by atoms with E-state index in [1.54, 1.807) is 13.8 Å². The number of hydrogen-bond donors (Lipinski definition) is 4. The highest BCUT2D eigenvalue weighted by molar-refractivity contribution is 7.46. The molecule has 0 aromatic heterocycles. The van der Waals surface area contributed by atoms with Crippen LogP contribution in [0.2, 0.25) is 0 Å². The van der Waals surface area contributed by atoms with Crippen LogP contribution < -0.4 is 0 Å². The molecule has 0 aliphatic heterocycles. The van der Waals surface area contributed by atoms with Gasteiger partial charge in [-0.1, -0.05) is 20.8 Å². The largest absolute Gasteiger partial charge is 0.469 e. The summed E-state index contributed by atoms with van der Waals surface area (Å²) >= 11 is 0. The van der Waals surface area contributed by atoms with Crippen molar-refractivity contribution in [1.29, 1.82) is 0 Å². The second-order valence-corrected chi connectivity index (χ2v) is 5.38. The molecule has 0 saturated heterocycles. The van der Waals surface area contributed by atoms with Crippen LogP contribution in [-0.2, 0) is 9.09 Å². The quantitative estimate of drug-likeness (QED) is 0.497. The number of phosphoric ester groups is 1. The standard InChI is InChI=1S/C8H19O6P/c1-4-8(2,3)7(10)6(9)5-14-15(11,12)13/h6-7,9-10H,4-5H2,1-3H3,(H2,11,12,13). The van der Waals surface area contributed by atoms with Crippen LogP contribution in [0, 0.1) is 5.41 Å². The van der Waals surface area contributed by atoms with Crippen LogP contribution in [0.15, 0.2) is 0 Å². The van der Waals surface area contributed by atoms with E-state index in [1.807, 2.05) is 6.92 Å². The molecule has 7 heteroatoms. The molecule has 0 spiro atoms. The first-order chi connectivity index (χ1) is 6.60. The normalized spacial score (nSPS) is 17.5. The predicted octanol–water partition coefficient (Wildman–Crippen LogP) is 0.254. The van der Waals surface area contributed by atoms with Gasteiger partial charge in [0.15, 0.2) is 0 Å². The maximum absolute atomic E-state index is 10.4. The first-order valence-corrected chi connectivity index (χ1v) is 6.19. The summed E-state index contributed by atoms with van der Waals surface area (Å²) in [5.41, 5.74) is -0.530. The maximum Gasteiger partial charge on any atom is 0.469 e. The summed E-state index contributed by atoms with van der Waals surface area (Å²) < 4.78 is 14.5. The molecule has 0 saturated carbocycles. The van der Waals surface area contributed by atoms with E-state index >= 15 is 0 Å². The SMILES string of the molecule is CCC(C)(C)C(O)C(O)COP(=O)(O)O. The van der Waals surface area contributed by atoms with Gasteiger partial charge in [-0.3, -0.25) is 4.52 Å². The fourth-order valence-corrected chi connectivity index (χ4v) is 1.34. The van der Waals surface area contributed by atoms with Crippen molar-refractivity contribution >= 4 is 7.82 Å². The van der Waals surface area contributed by atoms with Crippen molar-refractivity contribution in [1.82, 2.24) is 0 Å². The zero-order valence-electron chi connectivity index (χ0n) is 9.12. The monoisotopic (exact) mass is 242 g/mol. The molecule has 6 nitrogen and oxygen atoms in total. The van der Waals surface area contributed by atoms with Gasteiger partial charge in [-0.25, -0.2) is 4.57 Å². The summed E-state index contributed by atoms with van der Waals surface area (Å²) in [4.78, 5) is 16.8. The first-order valence-electron chi connectivity index (χ1n) is 4.66. The molecule has 4 N–H and O–H groups in total. The molecule has 0 heterocycles. The Kier molecular flexibility index (Phi) is 5.40. The molecule has 0 amide bonds.